The number of ether oxygens (including phenoxy) is 2. The SMILES string of the molecule is CCO/C(=C\C(C)(OC)C(C(C)C)C(C)C)C(C(C)C)C(C)C. The maximum Gasteiger partial charge on any atom is 0.0984 e. The van der Waals surface area contributed by atoms with E-state index in [4.69, 9.17) is 9.47 Å². The second-order valence-electron chi connectivity index (χ2n) is 8.40. The van der Waals surface area contributed by atoms with Crippen LogP contribution in [0.2, 0.25) is 0 Å². The smallest absolute Gasteiger partial charge is 0.0984 e. The lowest BCUT2D eigenvalue weighted by molar-refractivity contribution is -0.0424. The average molecular weight is 327 g/mol. The molecule has 0 spiro atoms. The lowest BCUT2D eigenvalue weighted by Crippen LogP contribution is -2.42. The van der Waals surface area contributed by atoms with Crippen LogP contribution in [-0.4, -0.2) is 19.3 Å². The van der Waals surface area contributed by atoms with Crippen molar-refractivity contribution in [1.29, 1.82) is 0 Å². The van der Waals surface area contributed by atoms with Crippen LogP contribution in [0, 0.1) is 35.5 Å². The van der Waals surface area contributed by atoms with E-state index in [1.165, 1.54) is 0 Å². The second-order valence-corrected chi connectivity index (χ2v) is 8.40. The molecule has 0 aliphatic carbocycles. The molecule has 2 heteroatoms. The molecule has 0 saturated carbocycles. The first-order valence-electron chi connectivity index (χ1n) is 9.42. The maximum absolute atomic E-state index is 6.12. The first kappa shape index (κ1) is 22.5. The minimum absolute atomic E-state index is 0.311. The normalized spacial score (nSPS) is 16.3. The molecular formula is C21H42O2. The number of methoxy groups -OCH3 is 1. The van der Waals surface area contributed by atoms with E-state index in [0.717, 1.165) is 5.76 Å². The lowest BCUT2D eigenvalue weighted by atomic mass is 9.72. The fourth-order valence-electron chi connectivity index (χ4n) is 4.49. The zero-order valence-electron chi connectivity index (χ0n) is 17.6. The molecule has 0 radical (unpaired) electrons. The molecule has 2 nitrogen and oxygen atoms in total. The van der Waals surface area contributed by atoms with Crippen LogP contribution in [0.15, 0.2) is 11.8 Å². The minimum Gasteiger partial charge on any atom is -0.498 e. The van der Waals surface area contributed by atoms with Gasteiger partial charge in [-0.1, -0.05) is 55.4 Å². The van der Waals surface area contributed by atoms with Gasteiger partial charge in [0.25, 0.3) is 0 Å². The summed E-state index contributed by atoms with van der Waals surface area (Å²) in [5.74, 6) is 4.17. The van der Waals surface area contributed by atoms with Crippen LogP contribution < -0.4 is 0 Å². The van der Waals surface area contributed by atoms with Crippen LogP contribution in [0.25, 0.3) is 0 Å². The van der Waals surface area contributed by atoms with E-state index in [1.54, 1.807) is 0 Å². The van der Waals surface area contributed by atoms with Gasteiger partial charge in [-0.05, 0) is 49.5 Å². The summed E-state index contributed by atoms with van der Waals surface area (Å²) in [5, 5.41) is 0. The standard InChI is InChI=1S/C21H42O2/c1-12-23-18(19(14(2)3)15(4)5)13-21(10,22-11)20(16(6)7)17(8)9/h13-17,19-20H,12H2,1-11H3/b18-13-. The van der Waals surface area contributed by atoms with Gasteiger partial charge in [0.2, 0.25) is 0 Å². The molecule has 0 bridgehead atoms. The van der Waals surface area contributed by atoms with Crippen LogP contribution in [0.1, 0.15) is 69.2 Å². The second kappa shape index (κ2) is 9.71. The van der Waals surface area contributed by atoms with E-state index < -0.39 is 0 Å². The van der Waals surface area contributed by atoms with Crippen LogP contribution in [0.4, 0.5) is 0 Å². The molecule has 0 rings (SSSR count). The zero-order chi connectivity index (χ0) is 18.4. The summed E-state index contributed by atoms with van der Waals surface area (Å²) in [6, 6.07) is 0. The molecule has 1 unspecified atom stereocenters. The predicted molar refractivity (Wildman–Crippen MR) is 101 cm³/mol. The van der Waals surface area contributed by atoms with Crippen molar-refractivity contribution in [2.24, 2.45) is 35.5 Å². The largest absolute Gasteiger partial charge is 0.498 e. The van der Waals surface area contributed by atoms with Crippen LogP contribution in [-0.2, 0) is 9.47 Å². The highest BCUT2D eigenvalue weighted by Crippen LogP contribution is 2.39. The van der Waals surface area contributed by atoms with E-state index in [1.807, 2.05) is 7.11 Å². The number of hydrogen-bond acceptors (Lipinski definition) is 2. The highest BCUT2D eigenvalue weighted by atomic mass is 16.5. The lowest BCUT2D eigenvalue weighted by Gasteiger charge is -2.41. The first-order chi connectivity index (χ1) is 10.5. The van der Waals surface area contributed by atoms with Gasteiger partial charge in [-0.25, -0.2) is 0 Å². The Hall–Kier alpha value is -0.500. The summed E-state index contributed by atoms with van der Waals surface area (Å²) in [6.45, 7) is 23.3. The van der Waals surface area contributed by atoms with E-state index in [9.17, 15) is 0 Å². The Bertz CT molecular complexity index is 339. The van der Waals surface area contributed by atoms with Crippen molar-refractivity contribution in [1.82, 2.24) is 0 Å². The molecule has 0 amide bonds. The summed E-state index contributed by atoms with van der Waals surface area (Å²) < 4.78 is 12.2. The van der Waals surface area contributed by atoms with Crippen LogP contribution in [0.3, 0.4) is 0 Å². The van der Waals surface area contributed by atoms with Crippen molar-refractivity contribution >= 4 is 0 Å². The molecule has 0 aromatic rings. The molecule has 1 atom stereocenters. The fourth-order valence-corrected chi connectivity index (χ4v) is 4.49. The molecule has 0 aromatic heterocycles. The highest BCUT2D eigenvalue weighted by Gasteiger charge is 2.38. The summed E-state index contributed by atoms with van der Waals surface area (Å²) in [7, 11) is 1.83. The Morgan fingerprint density at radius 1 is 0.870 bits per heavy atom. The predicted octanol–water partition coefficient (Wildman–Crippen LogP) is 6.17. The van der Waals surface area contributed by atoms with Crippen molar-refractivity contribution in [3.63, 3.8) is 0 Å². The van der Waals surface area contributed by atoms with E-state index in [0.29, 0.717) is 42.1 Å². The molecule has 0 N–H and O–H groups in total. The zero-order valence-corrected chi connectivity index (χ0v) is 17.6. The highest BCUT2D eigenvalue weighted by molar-refractivity contribution is 5.13. The van der Waals surface area contributed by atoms with Gasteiger partial charge >= 0.3 is 0 Å². The molecule has 0 fully saturated rings. The first-order valence-corrected chi connectivity index (χ1v) is 9.42. The Balaban J connectivity index is 5.97. The average Bonchev–Trinajstić information content (AvgIpc) is 2.36. The number of hydrogen-bond donors (Lipinski definition) is 0. The van der Waals surface area contributed by atoms with E-state index in [2.05, 4.69) is 75.3 Å². The summed E-state index contributed by atoms with van der Waals surface area (Å²) in [5.41, 5.74) is -0.311. The molecule has 0 heterocycles. The number of rotatable bonds is 10. The van der Waals surface area contributed by atoms with Crippen molar-refractivity contribution in [3.05, 3.63) is 11.8 Å². The van der Waals surface area contributed by atoms with Crippen molar-refractivity contribution in [2.75, 3.05) is 13.7 Å². The van der Waals surface area contributed by atoms with Crippen molar-refractivity contribution in [3.8, 4) is 0 Å². The van der Waals surface area contributed by atoms with Crippen molar-refractivity contribution < 1.29 is 9.47 Å². The third-order valence-corrected chi connectivity index (χ3v) is 5.04. The monoisotopic (exact) mass is 326 g/mol. The number of allylic oxidation sites excluding steroid dienone is 1. The van der Waals surface area contributed by atoms with E-state index in [-0.39, 0.29) is 5.60 Å². The van der Waals surface area contributed by atoms with Gasteiger partial charge in [0.05, 0.1) is 18.0 Å². The van der Waals surface area contributed by atoms with Gasteiger partial charge in [-0.2, -0.15) is 0 Å². The maximum atomic E-state index is 6.12. The summed E-state index contributed by atoms with van der Waals surface area (Å²) >= 11 is 0. The van der Waals surface area contributed by atoms with Gasteiger partial charge in [-0.15, -0.1) is 0 Å². The molecule has 0 aromatic carbocycles. The molecule has 0 saturated heterocycles. The Morgan fingerprint density at radius 3 is 1.57 bits per heavy atom. The summed E-state index contributed by atoms with van der Waals surface area (Å²) in [6.07, 6.45) is 2.28. The minimum atomic E-state index is -0.311. The van der Waals surface area contributed by atoms with Crippen LogP contribution in [0.5, 0.6) is 0 Å². The quantitative estimate of drug-likeness (QED) is 0.447. The topological polar surface area (TPSA) is 18.5 Å². The van der Waals surface area contributed by atoms with Gasteiger partial charge < -0.3 is 9.47 Å². The molecule has 23 heavy (non-hydrogen) atoms. The third-order valence-electron chi connectivity index (χ3n) is 5.04. The van der Waals surface area contributed by atoms with Gasteiger partial charge in [0.1, 0.15) is 0 Å². The van der Waals surface area contributed by atoms with Gasteiger partial charge in [0.15, 0.2) is 0 Å². The van der Waals surface area contributed by atoms with Gasteiger partial charge in [-0.3, -0.25) is 0 Å². The van der Waals surface area contributed by atoms with Crippen molar-refractivity contribution in [2.45, 2.75) is 74.8 Å². The molecule has 0 aliphatic rings. The summed E-state index contributed by atoms with van der Waals surface area (Å²) in [4.78, 5) is 0. The third kappa shape index (κ3) is 6.14. The Morgan fingerprint density at radius 2 is 1.30 bits per heavy atom. The molecule has 138 valence electrons. The van der Waals surface area contributed by atoms with Gasteiger partial charge in [0, 0.05) is 13.0 Å². The fraction of sp³-hybridized carbons (Fsp3) is 0.905. The Kier molecular flexibility index (Phi) is 9.50. The van der Waals surface area contributed by atoms with Crippen LogP contribution >= 0.6 is 0 Å². The van der Waals surface area contributed by atoms with E-state index >= 15 is 0 Å². The molecular weight excluding hydrogens is 284 g/mol. The Labute approximate surface area is 146 Å². The molecule has 0 aliphatic heterocycles.